The molecular weight excluding hydrogens is 306 g/mol. The predicted molar refractivity (Wildman–Crippen MR) is 89.4 cm³/mol. The summed E-state index contributed by atoms with van der Waals surface area (Å²) in [4.78, 5) is 25.9. The van der Waals surface area contributed by atoms with Crippen LogP contribution in [0.1, 0.15) is 41.8 Å². The molecule has 0 aromatic carbocycles. The molecule has 1 amide bonds. The fourth-order valence-electron chi connectivity index (χ4n) is 3.24. The molecule has 0 radical (unpaired) electrons. The number of piperidine rings is 1. The minimum atomic E-state index is -0.100. The average molecular weight is 331 g/mol. The van der Waals surface area contributed by atoms with Crippen molar-refractivity contribution in [1.29, 1.82) is 0 Å². The Bertz CT molecular complexity index is 678. The van der Waals surface area contributed by atoms with Gasteiger partial charge in [-0.2, -0.15) is 5.10 Å². The number of likely N-dealkylation sites (tertiary alicyclic amines) is 1. The Hall–Kier alpha value is -2.22. The maximum Gasteiger partial charge on any atom is 0.271 e. The zero-order chi connectivity index (χ0) is 16.9. The third-order valence-corrected chi connectivity index (χ3v) is 4.56. The SMILES string of the molecule is CCn1ncnc1CN1CCCC(CNC(=O)c2nc[nH]c2C)C1. The average Bonchev–Trinajstić information content (AvgIpc) is 3.21. The van der Waals surface area contributed by atoms with Gasteiger partial charge in [-0.05, 0) is 39.2 Å². The molecule has 0 spiro atoms. The molecule has 1 fully saturated rings. The number of nitrogens with zero attached hydrogens (tertiary/aromatic N) is 5. The normalized spacial score (nSPS) is 18.7. The van der Waals surface area contributed by atoms with Crippen LogP contribution in [0.5, 0.6) is 0 Å². The van der Waals surface area contributed by atoms with Crippen LogP contribution in [0.15, 0.2) is 12.7 Å². The number of imidazole rings is 1. The van der Waals surface area contributed by atoms with Gasteiger partial charge in [0.1, 0.15) is 17.8 Å². The van der Waals surface area contributed by atoms with Gasteiger partial charge in [0.25, 0.3) is 5.91 Å². The highest BCUT2D eigenvalue weighted by Crippen LogP contribution is 2.17. The van der Waals surface area contributed by atoms with E-state index >= 15 is 0 Å². The van der Waals surface area contributed by atoms with E-state index in [0.29, 0.717) is 18.2 Å². The molecule has 0 bridgehead atoms. The standard InChI is InChI=1S/C16H25N7O/c1-3-23-14(19-11-21-23)9-22-6-4-5-13(8-22)7-17-16(24)15-12(2)18-10-20-15/h10-11,13H,3-9H2,1-2H3,(H,17,24)(H,18,20). The number of aromatic amines is 1. The summed E-state index contributed by atoms with van der Waals surface area (Å²) in [5.74, 6) is 1.37. The first-order valence-corrected chi connectivity index (χ1v) is 8.54. The molecule has 8 heteroatoms. The van der Waals surface area contributed by atoms with Crippen molar-refractivity contribution in [2.45, 2.75) is 39.8 Å². The van der Waals surface area contributed by atoms with Crippen LogP contribution in [0.3, 0.4) is 0 Å². The zero-order valence-corrected chi connectivity index (χ0v) is 14.3. The van der Waals surface area contributed by atoms with Crippen molar-refractivity contribution in [2.24, 2.45) is 5.92 Å². The van der Waals surface area contributed by atoms with Gasteiger partial charge in [-0.3, -0.25) is 9.69 Å². The van der Waals surface area contributed by atoms with Crippen molar-refractivity contribution in [2.75, 3.05) is 19.6 Å². The quantitative estimate of drug-likeness (QED) is 0.823. The molecule has 1 aliphatic rings. The van der Waals surface area contributed by atoms with Crippen LogP contribution in [-0.4, -0.2) is 55.2 Å². The first-order chi connectivity index (χ1) is 11.7. The van der Waals surface area contributed by atoms with Gasteiger partial charge in [-0.15, -0.1) is 0 Å². The molecule has 1 aliphatic heterocycles. The van der Waals surface area contributed by atoms with Crippen molar-refractivity contribution >= 4 is 5.91 Å². The van der Waals surface area contributed by atoms with Crippen molar-refractivity contribution in [3.63, 3.8) is 0 Å². The summed E-state index contributed by atoms with van der Waals surface area (Å²) >= 11 is 0. The van der Waals surface area contributed by atoms with Crippen LogP contribution < -0.4 is 5.32 Å². The van der Waals surface area contributed by atoms with Gasteiger partial charge < -0.3 is 10.3 Å². The molecule has 2 aromatic rings. The lowest BCUT2D eigenvalue weighted by Gasteiger charge is -2.32. The molecule has 1 atom stereocenters. The number of nitrogens with one attached hydrogen (secondary N) is 2. The van der Waals surface area contributed by atoms with Crippen LogP contribution in [0, 0.1) is 12.8 Å². The Kier molecular flexibility index (Phi) is 5.24. The summed E-state index contributed by atoms with van der Waals surface area (Å²) in [5.41, 5.74) is 1.29. The Balaban J connectivity index is 1.50. The Morgan fingerprint density at radius 1 is 1.46 bits per heavy atom. The number of hydrogen-bond donors (Lipinski definition) is 2. The number of aromatic nitrogens is 5. The second kappa shape index (κ2) is 7.57. The molecule has 3 heterocycles. The number of hydrogen-bond acceptors (Lipinski definition) is 5. The summed E-state index contributed by atoms with van der Waals surface area (Å²) in [5, 5.41) is 7.24. The van der Waals surface area contributed by atoms with E-state index in [1.54, 1.807) is 12.7 Å². The monoisotopic (exact) mass is 331 g/mol. The molecule has 130 valence electrons. The molecule has 1 unspecified atom stereocenters. The van der Waals surface area contributed by atoms with E-state index in [9.17, 15) is 4.79 Å². The maximum absolute atomic E-state index is 12.2. The molecule has 3 rings (SSSR count). The van der Waals surface area contributed by atoms with Gasteiger partial charge in [-0.25, -0.2) is 14.6 Å². The zero-order valence-electron chi connectivity index (χ0n) is 14.3. The van der Waals surface area contributed by atoms with Crippen LogP contribution in [0.2, 0.25) is 0 Å². The lowest BCUT2D eigenvalue weighted by molar-refractivity contribution is 0.0924. The van der Waals surface area contributed by atoms with Gasteiger partial charge in [0, 0.05) is 25.3 Å². The van der Waals surface area contributed by atoms with Crippen LogP contribution >= 0.6 is 0 Å². The summed E-state index contributed by atoms with van der Waals surface area (Å²) in [6.45, 7) is 8.30. The lowest BCUT2D eigenvalue weighted by atomic mass is 9.98. The molecule has 8 nitrogen and oxygen atoms in total. The van der Waals surface area contributed by atoms with E-state index in [1.807, 2.05) is 11.6 Å². The second-order valence-electron chi connectivity index (χ2n) is 6.32. The molecule has 24 heavy (non-hydrogen) atoms. The van der Waals surface area contributed by atoms with Crippen LogP contribution in [0.4, 0.5) is 0 Å². The first-order valence-electron chi connectivity index (χ1n) is 8.54. The summed E-state index contributed by atoms with van der Waals surface area (Å²) in [7, 11) is 0. The maximum atomic E-state index is 12.2. The number of carbonyl (C=O) groups excluding carboxylic acids is 1. The van der Waals surface area contributed by atoms with Gasteiger partial charge in [0.05, 0.1) is 12.9 Å². The fraction of sp³-hybridized carbons (Fsp3) is 0.625. The number of H-pyrrole nitrogens is 1. The smallest absolute Gasteiger partial charge is 0.271 e. The van der Waals surface area contributed by atoms with Crippen molar-refractivity contribution < 1.29 is 4.79 Å². The van der Waals surface area contributed by atoms with Gasteiger partial charge in [0.15, 0.2) is 0 Å². The topological polar surface area (TPSA) is 91.7 Å². The van der Waals surface area contributed by atoms with E-state index in [4.69, 9.17) is 0 Å². The fourth-order valence-corrected chi connectivity index (χ4v) is 3.24. The Morgan fingerprint density at radius 3 is 3.08 bits per heavy atom. The molecule has 0 saturated carbocycles. The van der Waals surface area contributed by atoms with E-state index in [1.165, 1.54) is 0 Å². The summed E-state index contributed by atoms with van der Waals surface area (Å²) in [6.07, 6.45) is 5.45. The molecule has 2 N–H and O–H groups in total. The van der Waals surface area contributed by atoms with Crippen molar-refractivity contribution in [3.05, 3.63) is 29.9 Å². The van der Waals surface area contributed by atoms with Gasteiger partial charge in [-0.1, -0.05) is 0 Å². The third-order valence-electron chi connectivity index (χ3n) is 4.56. The number of aryl methyl sites for hydroxylation is 2. The molecular formula is C16H25N7O. The summed E-state index contributed by atoms with van der Waals surface area (Å²) in [6, 6.07) is 0. The summed E-state index contributed by atoms with van der Waals surface area (Å²) < 4.78 is 1.94. The highest BCUT2D eigenvalue weighted by atomic mass is 16.1. The number of rotatable bonds is 6. The van der Waals surface area contributed by atoms with E-state index < -0.39 is 0 Å². The van der Waals surface area contributed by atoms with Gasteiger partial charge in [0.2, 0.25) is 0 Å². The minimum Gasteiger partial charge on any atom is -0.350 e. The number of carbonyl (C=O) groups is 1. The van der Waals surface area contributed by atoms with E-state index in [0.717, 1.165) is 50.5 Å². The van der Waals surface area contributed by atoms with Gasteiger partial charge >= 0.3 is 0 Å². The lowest BCUT2D eigenvalue weighted by Crippen LogP contribution is -2.41. The highest BCUT2D eigenvalue weighted by Gasteiger charge is 2.22. The third kappa shape index (κ3) is 3.81. The largest absolute Gasteiger partial charge is 0.350 e. The second-order valence-corrected chi connectivity index (χ2v) is 6.32. The Labute approximate surface area is 141 Å². The first kappa shape index (κ1) is 16.6. The number of amides is 1. The molecule has 0 aliphatic carbocycles. The Morgan fingerprint density at radius 2 is 2.33 bits per heavy atom. The highest BCUT2D eigenvalue weighted by molar-refractivity contribution is 5.93. The minimum absolute atomic E-state index is 0.100. The van der Waals surface area contributed by atoms with E-state index in [-0.39, 0.29) is 5.91 Å². The van der Waals surface area contributed by atoms with Crippen molar-refractivity contribution in [3.8, 4) is 0 Å². The molecule has 1 saturated heterocycles. The predicted octanol–water partition coefficient (Wildman–Crippen LogP) is 0.972. The van der Waals surface area contributed by atoms with Crippen LogP contribution in [0.25, 0.3) is 0 Å². The van der Waals surface area contributed by atoms with E-state index in [2.05, 4.69) is 37.2 Å². The molecule has 2 aromatic heterocycles. The van der Waals surface area contributed by atoms with Crippen LogP contribution in [-0.2, 0) is 13.1 Å². The van der Waals surface area contributed by atoms with Crippen molar-refractivity contribution in [1.82, 2.24) is 34.9 Å².